The van der Waals surface area contributed by atoms with Crippen molar-refractivity contribution < 1.29 is 9.53 Å². The second-order valence-corrected chi connectivity index (χ2v) is 4.88. The topological polar surface area (TPSA) is 64.3 Å². The number of ether oxygens (including phenoxy) is 1. The molecule has 1 amide bonds. The number of rotatable bonds is 7. The molecule has 0 aromatic heterocycles. The Balaban J connectivity index is 2.47. The maximum absolute atomic E-state index is 11.5. The summed E-state index contributed by atoms with van der Waals surface area (Å²) < 4.78 is 5.38. The molecule has 4 nitrogen and oxygen atoms in total. The van der Waals surface area contributed by atoms with Gasteiger partial charge in [-0.1, -0.05) is 31.0 Å². The second kappa shape index (κ2) is 8.02. The summed E-state index contributed by atoms with van der Waals surface area (Å²) in [7, 11) is 0. The highest BCUT2D eigenvalue weighted by Crippen LogP contribution is 2.27. The highest BCUT2D eigenvalue weighted by atomic mass is 35.5. The number of carbonyl (C=O) groups excluding carboxylic acids is 1. The molecular weight excluding hydrogens is 264 g/mol. The summed E-state index contributed by atoms with van der Waals surface area (Å²) >= 11 is 6.07. The van der Waals surface area contributed by atoms with E-state index in [1.807, 2.05) is 13.0 Å². The first-order chi connectivity index (χ1) is 9.04. The van der Waals surface area contributed by atoms with Gasteiger partial charge >= 0.3 is 0 Å². The average Bonchev–Trinajstić information content (AvgIpc) is 2.37. The SMILES string of the molecule is CCCCNC(=O)COc1ccc([C@@H](C)N)cc1Cl. The monoisotopic (exact) mass is 284 g/mol. The van der Waals surface area contributed by atoms with Gasteiger partial charge in [-0.3, -0.25) is 4.79 Å². The molecule has 0 fully saturated rings. The van der Waals surface area contributed by atoms with Crippen LogP contribution in [0.25, 0.3) is 0 Å². The van der Waals surface area contributed by atoms with E-state index in [0.717, 1.165) is 18.4 Å². The van der Waals surface area contributed by atoms with E-state index in [-0.39, 0.29) is 18.6 Å². The number of halogens is 1. The second-order valence-electron chi connectivity index (χ2n) is 4.47. The Morgan fingerprint density at radius 3 is 2.84 bits per heavy atom. The van der Waals surface area contributed by atoms with Crippen molar-refractivity contribution in [3.05, 3.63) is 28.8 Å². The van der Waals surface area contributed by atoms with Gasteiger partial charge in [0.05, 0.1) is 5.02 Å². The van der Waals surface area contributed by atoms with E-state index in [9.17, 15) is 4.79 Å². The van der Waals surface area contributed by atoms with Crippen molar-refractivity contribution >= 4 is 17.5 Å². The largest absolute Gasteiger partial charge is 0.482 e. The number of hydrogen-bond acceptors (Lipinski definition) is 3. The smallest absolute Gasteiger partial charge is 0.257 e. The van der Waals surface area contributed by atoms with Crippen LogP contribution in [0.3, 0.4) is 0 Å². The third kappa shape index (κ3) is 5.49. The summed E-state index contributed by atoms with van der Waals surface area (Å²) in [5, 5.41) is 3.24. The minimum Gasteiger partial charge on any atom is -0.482 e. The van der Waals surface area contributed by atoms with Crippen molar-refractivity contribution in [1.29, 1.82) is 0 Å². The molecule has 1 rings (SSSR count). The molecule has 106 valence electrons. The van der Waals surface area contributed by atoms with Crippen LogP contribution in [0, 0.1) is 0 Å². The Morgan fingerprint density at radius 1 is 1.53 bits per heavy atom. The van der Waals surface area contributed by atoms with Gasteiger partial charge < -0.3 is 15.8 Å². The molecule has 0 heterocycles. The quantitative estimate of drug-likeness (QED) is 0.757. The first kappa shape index (κ1) is 15.8. The molecule has 0 unspecified atom stereocenters. The van der Waals surface area contributed by atoms with Crippen molar-refractivity contribution in [2.75, 3.05) is 13.2 Å². The lowest BCUT2D eigenvalue weighted by Gasteiger charge is -2.11. The van der Waals surface area contributed by atoms with Gasteiger partial charge in [-0.05, 0) is 31.0 Å². The zero-order chi connectivity index (χ0) is 14.3. The lowest BCUT2D eigenvalue weighted by molar-refractivity contribution is -0.123. The van der Waals surface area contributed by atoms with Crippen LogP contribution >= 0.6 is 11.6 Å². The van der Waals surface area contributed by atoms with Gasteiger partial charge in [0.1, 0.15) is 5.75 Å². The van der Waals surface area contributed by atoms with Crippen molar-refractivity contribution in [1.82, 2.24) is 5.32 Å². The number of amides is 1. The first-order valence-corrected chi connectivity index (χ1v) is 6.87. The molecule has 5 heteroatoms. The maximum Gasteiger partial charge on any atom is 0.257 e. The predicted molar refractivity (Wildman–Crippen MR) is 77.5 cm³/mol. The summed E-state index contributed by atoms with van der Waals surface area (Å²) in [6.07, 6.45) is 2.02. The van der Waals surface area contributed by atoms with Gasteiger partial charge in [-0.25, -0.2) is 0 Å². The van der Waals surface area contributed by atoms with Crippen LogP contribution in [0.4, 0.5) is 0 Å². The van der Waals surface area contributed by atoms with E-state index in [4.69, 9.17) is 22.1 Å². The normalized spacial score (nSPS) is 12.0. The van der Waals surface area contributed by atoms with Crippen LogP contribution in [0.15, 0.2) is 18.2 Å². The van der Waals surface area contributed by atoms with Crippen LogP contribution in [0.2, 0.25) is 5.02 Å². The summed E-state index contributed by atoms with van der Waals surface area (Å²) in [6.45, 7) is 4.60. The van der Waals surface area contributed by atoms with Crippen LogP contribution in [0.1, 0.15) is 38.3 Å². The Kier molecular flexibility index (Phi) is 6.67. The Morgan fingerprint density at radius 2 is 2.26 bits per heavy atom. The molecule has 1 aromatic carbocycles. The zero-order valence-electron chi connectivity index (χ0n) is 11.4. The van der Waals surface area contributed by atoms with Crippen molar-refractivity contribution in [2.24, 2.45) is 5.73 Å². The molecule has 0 saturated carbocycles. The van der Waals surface area contributed by atoms with Gasteiger partial charge in [0.25, 0.3) is 5.91 Å². The molecular formula is C14H21ClN2O2. The number of unbranched alkanes of at least 4 members (excludes halogenated alkanes) is 1. The lowest BCUT2D eigenvalue weighted by atomic mass is 10.1. The number of nitrogens with one attached hydrogen (secondary N) is 1. The van der Waals surface area contributed by atoms with Crippen LogP contribution < -0.4 is 15.8 Å². The predicted octanol–water partition coefficient (Wildman–Crippen LogP) is 2.65. The molecule has 0 saturated heterocycles. The van der Waals surface area contributed by atoms with E-state index in [1.54, 1.807) is 12.1 Å². The summed E-state index contributed by atoms with van der Waals surface area (Å²) in [5.41, 5.74) is 6.69. The molecule has 0 radical (unpaired) electrons. The highest BCUT2D eigenvalue weighted by molar-refractivity contribution is 6.32. The fraction of sp³-hybridized carbons (Fsp3) is 0.500. The standard InChI is InChI=1S/C14H21ClN2O2/c1-3-4-7-17-14(18)9-19-13-6-5-11(10(2)16)8-12(13)15/h5-6,8,10H,3-4,7,9,16H2,1-2H3,(H,17,18)/t10-/m1/s1. The third-order valence-electron chi connectivity index (χ3n) is 2.69. The highest BCUT2D eigenvalue weighted by Gasteiger charge is 2.08. The molecule has 0 spiro atoms. The Hall–Kier alpha value is -1.26. The van der Waals surface area contributed by atoms with Crippen molar-refractivity contribution in [3.8, 4) is 5.75 Å². The van der Waals surface area contributed by atoms with Crippen LogP contribution in [0.5, 0.6) is 5.75 Å². The fourth-order valence-corrected chi connectivity index (χ4v) is 1.76. The summed E-state index contributed by atoms with van der Waals surface area (Å²) in [4.78, 5) is 11.5. The van der Waals surface area contributed by atoms with Crippen LogP contribution in [-0.4, -0.2) is 19.1 Å². The van der Waals surface area contributed by atoms with Gasteiger partial charge in [-0.15, -0.1) is 0 Å². The lowest BCUT2D eigenvalue weighted by Crippen LogP contribution is -2.29. The van der Waals surface area contributed by atoms with Crippen molar-refractivity contribution in [2.45, 2.75) is 32.7 Å². The molecule has 19 heavy (non-hydrogen) atoms. The maximum atomic E-state index is 11.5. The molecule has 0 aliphatic carbocycles. The van der Waals surface area contributed by atoms with Crippen molar-refractivity contribution in [3.63, 3.8) is 0 Å². The number of hydrogen-bond donors (Lipinski definition) is 2. The Labute approximate surface area is 119 Å². The zero-order valence-corrected chi connectivity index (χ0v) is 12.2. The van der Waals surface area contributed by atoms with E-state index < -0.39 is 0 Å². The van der Waals surface area contributed by atoms with E-state index in [2.05, 4.69) is 12.2 Å². The molecule has 0 aliphatic rings. The molecule has 1 atom stereocenters. The minimum absolute atomic E-state index is 0.0268. The first-order valence-electron chi connectivity index (χ1n) is 6.49. The number of carbonyl (C=O) groups is 1. The molecule has 0 bridgehead atoms. The minimum atomic E-state index is -0.138. The Bertz CT molecular complexity index is 422. The van der Waals surface area contributed by atoms with E-state index >= 15 is 0 Å². The molecule has 1 aromatic rings. The molecule has 3 N–H and O–H groups in total. The molecule has 0 aliphatic heterocycles. The van der Waals surface area contributed by atoms with E-state index in [1.165, 1.54) is 0 Å². The fourth-order valence-electron chi connectivity index (χ4n) is 1.52. The summed E-state index contributed by atoms with van der Waals surface area (Å²) in [6, 6.07) is 5.27. The number of nitrogens with two attached hydrogens (primary N) is 1. The summed E-state index contributed by atoms with van der Waals surface area (Å²) in [5.74, 6) is 0.359. The average molecular weight is 285 g/mol. The van der Waals surface area contributed by atoms with Crippen LogP contribution in [-0.2, 0) is 4.79 Å². The van der Waals surface area contributed by atoms with Gasteiger partial charge in [0, 0.05) is 12.6 Å². The van der Waals surface area contributed by atoms with Gasteiger partial charge in [0.2, 0.25) is 0 Å². The van der Waals surface area contributed by atoms with E-state index in [0.29, 0.717) is 17.3 Å². The van der Waals surface area contributed by atoms with Gasteiger partial charge in [0.15, 0.2) is 6.61 Å². The number of benzene rings is 1. The third-order valence-corrected chi connectivity index (χ3v) is 2.99. The van der Waals surface area contributed by atoms with Gasteiger partial charge in [-0.2, -0.15) is 0 Å².